The van der Waals surface area contributed by atoms with E-state index in [-0.39, 0.29) is 30.9 Å². The molecule has 0 bridgehead atoms. The molecule has 3 heterocycles. The molecule has 1 aromatic carbocycles. The van der Waals surface area contributed by atoms with Gasteiger partial charge >= 0.3 is 5.97 Å². The Hall–Kier alpha value is -3.97. The minimum absolute atomic E-state index is 0.0882. The van der Waals surface area contributed by atoms with Crippen LogP contribution in [0.15, 0.2) is 30.5 Å². The van der Waals surface area contributed by atoms with Gasteiger partial charge in [-0.15, -0.1) is 0 Å². The van der Waals surface area contributed by atoms with E-state index in [1.807, 2.05) is 24.5 Å². The number of aromatic nitrogens is 4. The predicted octanol–water partition coefficient (Wildman–Crippen LogP) is 4.59. The number of halogens is 1. The SMILES string of the molecule is COc1cc(-n2c(C(C)(C)CC#N)c([C@H]3C[C@](OC)(C(=O)O)C3)c3nc4[nH]ncc4cc32)ccc1F. The summed E-state index contributed by atoms with van der Waals surface area (Å²) in [5, 5.41) is 27.3. The number of nitriles is 1. The summed E-state index contributed by atoms with van der Waals surface area (Å²) in [7, 11) is 2.81. The Morgan fingerprint density at radius 1 is 1.36 bits per heavy atom. The van der Waals surface area contributed by atoms with Crippen molar-refractivity contribution in [3.63, 3.8) is 0 Å². The number of aromatic amines is 1. The van der Waals surface area contributed by atoms with Crippen molar-refractivity contribution in [2.24, 2.45) is 0 Å². The number of methoxy groups -OCH3 is 2. The highest BCUT2D eigenvalue weighted by Gasteiger charge is 2.53. The van der Waals surface area contributed by atoms with E-state index in [0.29, 0.717) is 16.9 Å². The molecule has 2 N–H and O–H groups in total. The molecule has 1 aliphatic rings. The number of nitrogens with zero attached hydrogens (tertiary/aromatic N) is 4. The lowest BCUT2D eigenvalue weighted by Gasteiger charge is -2.44. The van der Waals surface area contributed by atoms with Gasteiger partial charge in [-0.05, 0) is 37.0 Å². The molecule has 1 fully saturated rings. The third kappa shape index (κ3) is 3.42. The normalized spacial score (nSPS) is 19.8. The smallest absolute Gasteiger partial charge is 0.335 e. The quantitative estimate of drug-likeness (QED) is 0.387. The number of nitrogens with one attached hydrogen (secondary N) is 1. The molecule has 0 aliphatic heterocycles. The number of aliphatic carboxylic acids is 1. The average Bonchev–Trinajstić information content (AvgIpc) is 3.40. The Balaban J connectivity index is 1.86. The van der Waals surface area contributed by atoms with Crippen molar-refractivity contribution < 1.29 is 23.8 Å². The number of carboxylic acids is 1. The summed E-state index contributed by atoms with van der Waals surface area (Å²) < 4.78 is 27.0. The maximum atomic E-state index is 14.3. The van der Waals surface area contributed by atoms with Crippen molar-refractivity contribution in [2.45, 2.75) is 50.0 Å². The first-order valence-corrected chi connectivity index (χ1v) is 11.5. The fraction of sp³-hybridized carbons (Fsp3) is 0.385. The zero-order valence-corrected chi connectivity index (χ0v) is 20.4. The Morgan fingerprint density at radius 2 is 2.11 bits per heavy atom. The molecule has 0 saturated heterocycles. The molecule has 5 rings (SSSR count). The molecule has 0 unspecified atom stereocenters. The van der Waals surface area contributed by atoms with Gasteiger partial charge in [0.15, 0.2) is 22.8 Å². The standard InChI is InChI=1S/C26H26FN5O4/c1-25(2,7-8-28)22-20(15-11-26(12-15,36-4)24(33)34)21-18(9-14-13-29-31-23(14)30-21)32(22)16-5-6-17(27)19(10-16)35-3/h5-6,9-10,13,15H,7,11-12H2,1-4H3,(H,33,34)(H,29,30,31)/t15-,26+. The van der Waals surface area contributed by atoms with Crippen molar-refractivity contribution in [1.29, 1.82) is 5.26 Å². The molecular weight excluding hydrogens is 465 g/mol. The monoisotopic (exact) mass is 491 g/mol. The lowest BCUT2D eigenvalue weighted by atomic mass is 9.65. The number of carbonyl (C=O) groups is 1. The molecule has 186 valence electrons. The van der Waals surface area contributed by atoms with Crippen LogP contribution in [0.5, 0.6) is 5.75 Å². The van der Waals surface area contributed by atoms with E-state index in [1.54, 1.807) is 18.3 Å². The van der Waals surface area contributed by atoms with Crippen molar-refractivity contribution in [3.05, 3.63) is 47.5 Å². The van der Waals surface area contributed by atoms with Crippen LogP contribution in [0, 0.1) is 17.1 Å². The van der Waals surface area contributed by atoms with E-state index in [9.17, 15) is 19.6 Å². The van der Waals surface area contributed by atoms with Crippen LogP contribution in [0.2, 0.25) is 0 Å². The van der Waals surface area contributed by atoms with Gasteiger partial charge in [-0.2, -0.15) is 10.4 Å². The van der Waals surface area contributed by atoms with Crippen LogP contribution in [0.1, 0.15) is 50.3 Å². The first kappa shape index (κ1) is 23.8. The molecule has 3 aromatic heterocycles. The number of benzene rings is 1. The molecule has 10 heteroatoms. The summed E-state index contributed by atoms with van der Waals surface area (Å²) in [5.41, 5.74) is 2.43. The zero-order valence-electron chi connectivity index (χ0n) is 20.4. The maximum Gasteiger partial charge on any atom is 0.335 e. The molecule has 0 radical (unpaired) electrons. The largest absolute Gasteiger partial charge is 0.494 e. The topological polar surface area (TPSA) is 126 Å². The van der Waals surface area contributed by atoms with Gasteiger partial charge in [0, 0.05) is 47.3 Å². The second kappa shape index (κ2) is 8.31. The van der Waals surface area contributed by atoms with E-state index >= 15 is 0 Å². The number of H-pyrrole nitrogens is 1. The molecule has 1 saturated carbocycles. The van der Waals surface area contributed by atoms with Gasteiger partial charge in [0.2, 0.25) is 0 Å². The molecular formula is C26H26FN5O4. The van der Waals surface area contributed by atoms with E-state index in [4.69, 9.17) is 14.5 Å². The van der Waals surface area contributed by atoms with E-state index in [2.05, 4.69) is 16.3 Å². The summed E-state index contributed by atoms with van der Waals surface area (Å²) >= 11 is 0. The van der Waals surface area contributed by atoms with Crippen molar-refractivity contribution in [3.8, 4) is 17.5 Å². The number of fused-ring (bicyclic) bond motifs is 2. The highest BCUT2D eigenvalue weighted by Crippen LogP contribution is 2.53. The highest BCUT2D eigenvalue weighted by atomic mass is 19.1. The minimum atomic E-state index is -1.27. The van der Waals surface area contributed by atoms with Crippen molar-refractivity contribution in [1.82, 2.24) is 19.7 Å². The number of hydrogen-bond acceptors (Lipinski definition) is 6. The summed E-state index contributed by atoms with van der Waals surface area (Å²) in [6, 6.07) is 8.84. The number of hydrogen-bond donors (Lipinski definition) is 2. The first-order valence-electron chi connectivity index (χ1n) is 11.5. The summed E-state index contributed by atoms with van der Waals surface area (Å²) in [5.74, 6) is -1.58. The van der Waals surface area contributed by atoms with Crippen LogP contribution in [-0.4, -0.2) is 50.6 Å². The predicted molar refractivity (Wildman–Crippen MR) is 130 cm³/mol. The lowest BCUT2D eigenvalue weighted by molar-refractivity contribution is -0.175. The van der Waals surface area contributed by atoms with Gasteiger partial charge in [-0.1, -0.05) is 13.8 Å². The lowest BCUT2D eigenvalue weighted by Crippen LogP contribution is -2.51. The van der Waals surface area contributed by atoms with Crippen molar-refractivity contribution >= 4 is 28.0 Å². The van der Waals surface area contributed by atoms with Crippen molar-refractivity contribution in [2.75, 3.05) is 14.2 Å². The Kier molecular flexibility index (Phi) is 5.48. The molecule has 4 aromatic rings. The molecule has 0 amide bonds. The van der Waals surface area contributed by atoms with Gasteiger partial charge < -0.3 is 19.1 Å². The number of pyridine rings is 1. The van der Waals surface area contributed by atoms with Crippen LogP contribution >= 0.6 is 0 Å². The van der Waals surface area contributed by atoms with Crippen LogP contribution in [0.4, 0.5) is 4.39 Å². The second-order valence-corrected chi connectivity index (χ2v) is 9.91. The van der Waals surface area contributed by atoms with Gasteiger partial charge in [-0.25, -0.2) is 14.2 Å². The van der Waals surface area contributed by atoms with Crippen LogP contribution in [0.3, 0.4) is 0 Å². The number of rotatable bonds is 7. The summed E-state index contributed by atoms with van der Waals surface area (Å²) in [4.78, 5) is 16.9. The minimum Gasteiger partial charge on any atom is -0.494 e. The van der Waals surface area contributed by atoms with E-state index in [0.717, 1.165) is 22.2 Å². The highest BCUT2D eigenvalue weighted by molar-refractivity contribution is 5.94. The number of carboxylic acid groups (broad SMARTS) is 1. The molecule has 1 aliphatic carbocycles. The van der Waals surface area contributed by atoms with Gasteiger partial charge in [0.05, 0.1) is 30.4 Å². The summed E-state index contributed by atoms with van der Waals surface area (Å²) in [6.45, 7) is 3.94. The third-order valence-corrected chi connectivity index (χ3v) is 7.28. The average molecular weight is 492 g/mol. The maximum absolute atomic E-state index is 14.3. The molecule has 0 spiro atoms. The van der Waals surface area contributed by atoms with E-state index in [1.165, 1.54) is 20.3 Å². The van der Waals surface area contributed by atoms with Gasteiger partial charge in [-0.3, -0.25) is 5.10 Å². The Labute approximate surface area is 206 Å². The molecule has 9 nitrogen and oxygen atoms in total. The third-order valence-electron chi connectivity index (χ3n) is 7.28. The summed E-state index contributed by atoms with van der Waals surface area (Å²) in [6.07, 6.45) is 2.41. The first-order chi connectivity index (χ1) is 17.2. The Bertz CT molecular complexity index is 1540. The van der Waals surface area contributed by atoms with Crippen LogP contribution in [0.25, 0.3) is 27.8 Å². The molecule has 0 atom stereocenters. The number of ether oxygens (including phenoxy) is 2. The molecule has 36 heavy (non-hydrogen) atoms. The fourth-order valence-corrected chi connectivity index (χ4v) is 5.35. The Morgan fingerprint density at radius 3 is 2.75 bits per heavy atom. The van der Waals surface area contributed by atoms with Gasteiger partial charge in [0.1, 0.15) is 0 Å². The zero-order chi connectivity index (χ0) is 25.8. The van der Waals surface area contributed by atoms with Gasteiger partial charge in [0.25, 0.3) is 0 Å². The van der Waals surface area contributed by atoms with E-state index < -0.39 is 22.8 Å². The second-order valence-electron chi connectivity index (χ2n) is 9.91. The van der Waals surface area contributed by atoms with Crippen LogP contribution in [-0.2, 0) is 14.9 Å². The fourth-order valence-electron chi connectivity index (χ4n) is 5.35. The van der Waals surface area contributed by atoms with Crippen LogP contribution < -0.4 is 4.74 Å².